The molecule has 1 N–H and O–H groups in total. The zero-order valence-electron chi connectivity index (χ0n) is 10.5. The van der Waals surface area contributed by atoms with Gasteiger partial charge in [-0.05, 0) is 18.1 Å². The van der Waals surface area contributed by atoms with E-state index in [9.17, 15) is 4.79 Å². The van der Waals surface area contributed by atoms with Crippen LogP contribution in [-0.2, 0) is 4.79 Å². The minimum Gasteiger partial charge on any atom is -0.481 e. The van der Waals surface area contributed by atoms with Crippen LogP contribution in [0, 0.1) is 11.8 Å². The maximum absolute atomic E-state index is 11.1. The summed E-state index contributed by atoms with van der Waals surface area (Å²) in [7, 11) is 0. The molecule has 1 aromatic carbocycles. The summed E-state index contributed by atoms with van der Waals surface area (Å²) >= 11 is 0. The highest BCUT2D eigenvalue weighted by Gasteiger charge is 2.36. The predicted octanol–water partition coefficient (Wildman–Crippen LogP) is 1.18. The van der Waals surface area contributed by atoms with E-state index in [0.29, 0.717) is 19.0 Å². The van der Waals surface area contributed by atoms with Crippen molar-refractivity contribution in [2.45, 2.75) is 6.92 Å². The first-order chi connectivity index (χ1) is 9.15. The SMILES string of the molecule is C[C@@H]1CN(c2nnc3ccccc3n2)C[C@H]1C(=O)O. The predicted molar refractivity (Wildman–Crippen MR) is 69.8 cm³/mol. The van der Waals surface area contributed by atoms with Gasteiger partial charge in [-0.15, -0.1) is 10.2 Å². The highest BCUT2D eigenvalue weighted by atomic mass is 16.4. The maximum atomic E-state index is 11.1. The summed E-state index contributed by atoms with van der Waals surface area (Å²) in [4.78, 5) is 17.5. The Morgan fingerprint density at radius 2 is 2.00 bits per heavy atom. The zero-order chi connectivity index (χ0) is 13.4. The standard InChI is InChI=1S/C13H14N4O2/c1-8-6-17(7-9(8)12(18)19)13-14-10-4-2-3-5-11(10)15-16-13/h2-5,8-9H,6-7H2,1H3,(H,18,19)/t8-,9-/m1/s1. The zero-order valence-corrected chi connectivity index (χ0v) is 10.5. The number of carbonyl (C=O) groups is 1. The van der Waals surface area contributed by atoms with Gasteiger partial charge < -0.3 is 10.0 Å². The van der Waals surface area contributed by atoms with E-state index in [-0.39, 0.29) is 11.8 Å². The number of aromatic nitrogens is 3. The van der Waals surface area contributed by atoms with Crippen molar-refractivity contribution in [1.82, 2.24) is 15.2 Å². The molecule has 0 radical (unpaired) electrons. The first kappa shape index (κ1) is 11.8. The van der Waals surface area contributed by atoms with Gasteiger partial charge in [-0.25, -0.2) is 4.98 Å². The lowest BCUT2D eigenvalue weighted by molar-refractivity contribution is -0.142. The third-order valence-electron chi connectivity index (χ3n) is 3.56. The van der Waals surface area contributed by atoms with Crippen molar-refractivity contribution >= 4 is 23.0 Å². The summed E-state index contributed by atoms with van der Waals surface area (Å²) in [5, 5.41) is 17.3. The van der Waals surface area contributed by atoms with Crippen LogP contribution in [0.5, 0.6) is 0 Å². The molecule has 1 aromatic heterocycles. The number of carboxylic acid groups (broad SMARTS) is 1. The van der Waals surface area contributed by atoms with E-state index in [1.807, 2.05) is 36.1 Å². The number of hydrogen-bond donors (Lipinski definition) is 1. The summed E-state index contributed by atoms with van der Waals surface area (Å²) in [5.74, 6) is -0.527. The topological polar surface area (TPSA) is 79.2 Å². The Kier molecular flexibility index (Phi) is 2.77. The molecule has 1 fully saturated rings. The summed E-state index contributed by atoms with van der Waals surface area (Å²) in [5.41, 5.74) is 1.52. The molecule has 0 saturated carbocycles. The van der Waals surface area contributed by atoms with E-state index in [1.54, 1.807) is 0 Å². The van der Waals surface area contributed by atoms with Crippen LogP contribution in [0.2, 0.25) is 0 Å². The van der Waals surface area contributed by atoms with Crippen molar-refractivity contribution in [2.24, 2.45) is 11.8 Å². The summed E-state index contributed by atoms with van der Waals surface area (Å²) in [6, 6.07) is 7.51. The molecule has 0 aliphatic carbocycles. The summed E-state index contributed by atoms with van der Waals surface area (Å²) in [6.45, 7) is 3.03. The molecule has 0 amide bonds. The van der Waals surface area contributed by atoms with Crippen LogP contribution in [0.3, 0.4) is 0 Å². The van der Waals surface area contributed by atoms with E-state index in [0.717, 1.165) is 11.0 Å². The Morgan fingerprint density at radius 3 is 2.68 bits per heavy atom. The van der Waals surface area contributed by atoms with E-state index < -0.39 is 5.97 Å². The molecule has 2 aromatic rings. The molecule has 1 saturated heterocycles. The Balaban J connectivity index is 1.91. The fourth-order valence-corrected chi connectivity index (χ4v) is 2.46. The van der Waals surface area contributed by atoms with Crippen LogP contribution >= 0.6 is 0 Å². The Morgan fingerprint density at radius 1 is 1.26 bits per heavy atom. The number of benzene rings is 1. The number of carboxylic acids is 1. The quantitative estimate of drug-likeness (QED) is 0.871. The molecule has 6 heteroatoms. The Labute approximate surface area is 110 Å². The summed E-state index contributed by atoms with van der Waals surface area (Å²) < 4.78 is 0. The van der Waals surface area contributed by atoms with Crippen molar-refractivity contribution in [3.63, 3.8) is 0 Å². The Hall–Kier alpha value is -2.24. The lowest BCUT2D eigenvalue weighted by Crippen LogP contribution is -2.24. The number of aliphatic carboxylic acids is 1. The van der Waals surface area contributed by atoms with E-state index in [2.05, 4.69) is 15.2 Å². The van der Waals surface area contributed by atoms with Crippen LogP contribution in [0.1, 0.15) is 6.92 Å². The van der Waals surface area contributed by atoms with Crippen molar-refractivity contribution in [3.05, 3.63) is 24.3 Å². The van der Waals surface area contributed by atoms with Crippen LogP contribution in [0.25, 0.3) is 11.0 Å². The number of nitrogens with zero attached hydrogens (tertiary/aromatic N) is 4. The highest BCUT2D eigenvalue weighted by molar-refractivity contribution is 5.75. The van der Waals surface area contributed by atoms with Gasteiger partial charge in [0.15, 0.2) is 0 Å². The number of rotatable bonds is 2. The van der Waals surface area contributed by atoms with Crippen LogP contribution < -0.4 is 4.90 Å². The third kappa shape index (κ3) is 2.09. The van der Waals surface area contributed by atoms with Gasteiger partial charge in [0.25, 0.3) is 0 Å². The highest BCUT2D eigenvalue weighted by Crippen LogP contribution is 2.26. The minimum absolute atomic E-state index is 0.0903. The number of anilines is 1. The second kappa shape index (κ2) is 4.46. The first-order valence-corrected chi connectivity index (χ1v) is 6.22. The van der Waals surface area contributed by atoms with Gasteiger partial charge >= 0.3 is 5.97 Å². The molecule has 1 aliphatic rings. The van der Waals surface area contributed by atoms with Crippen molar-refractivity contribution in [3.8, 4) is 0 Å². The first-order valence-electron chi connectivity index (χ1n) is 6.22. The normalized spacial score (nSPS) is 22.9. The molecule has 19 heavy (non-hydrogen) atoms. The van der Waals surface area contributed by atoms with Crippen LogP contribution in [-0.4, -0.2) is 39.3 Å². The van der Waals surface area contributed by atoms with Crippen molar-refractivity contribution < 1.29 is 9.90 Å². The second-order valence-corrected chi connectivity index (χ2v) is 4.93. The molecule has 3 rings (SSSR count). The maximum Gasteiger partial charge on any atom is 0.308 e. The fraction of sp³-hybridized carbons (Fsp3) is 0.385. The molecule has 98 valence electrons. The lowest BCUT2D eigenvalue weighted by atomic mass is 9.99. The number of hydrogen-bond acceptors (Lipinski definition) is 5. The molecular formula is C13H14N4O2. The van der Waals surface area contributed by atoms with Crippen molar-refractivity contribution in [2.75, 3.05) is 18.0 Å². The van der Waals surface area contributed by atoms with E-state index in [4.69, 9.17) is 5.11 Å². The Bertz CT molecular complexity index is 631. The van der Waals surface area contributed by atoms with Gasteiger partial charge in [0.2, 0.25) is 5.95 Å². The molecule has 2 heterocycles. The smallest absolute Gasteiger partial charge is 0.308 e. The van der Waals surface area contributed by atoms with Gasteiger partial charge in [0.1, 0.15) is 5.52 Å². The second-order valence-electron chi connectivity index (χ2n) is 4.93. The van der Waals surface area contributed by atoms with Gasteiger partial charge in [-0.1, -0.05) is 19.1 Å². The average molecular weight is 258 g/mol. The molecule has 1 aliphatic heterocycles. The molecule has 0 spiro atoms. The minimum atomic E-state index is -0.760. The fourth-order valence-electron chi connectivity index (χ4n) is 2.46. The summed E-state index contributed by atoms with van der Waals surface area (Å²) in [6.07, 6.45) is 0. The molecular weight excluding hydrogens is 244 g/mol. The molecule has 0 bridgehead atoms. The third-order valence-corrected chi connectivity index (χ3v) is 3.56. The molecule has 6 nitrogen and oxygen atoms in total. The number of fused-ring (bicyclic) bond motifs is 1. The number of para-hydroxylation sites is 1. The largest absolute Gasteiger partial charge is 0.481 e. The van der Waals surface area contributed by atoms with Gasteiger partial charge in [-0.2, -0.15) is 0 Å². The molecule has 2 atom stereocenters. The van der Waals surface area contributed by atoms with Gasteiger partial charge in [0, 0.05) is 13.1 Å². The average Bonchev–Trinajstić information content (AvgIpc) is 2.80. The van der Waals surface area contributed by atoms with Gasteiger partial charge in [-0.3, -0.25) is 4.79 Å². The molecule has 0 unspecified atom stereocenters. The monoisotopic (exact) mass is 258 g/mol. The van der Waals surface area contributed by atoms with Crippen LogP contribution in [0.4, 0.5) is 5.95 Å². The van der Waals surface area contributed by atoms with Crippen molar-refractivity contribution in [1.29, 1.82) is 0 Å². The van der Waals surface area contributed by atoms with E-state index in [1.165, 1.54) is 0 Å². The lowest BCUT2D eigenvalue weighted by Gasteiger charge is -2.14. The van der Waals surface area contributed by atoms with E-state index >= 15 is 0 Å². The van der Waals surface area contributed by atoms with Crippen LogP contribution in [0.15, 0.2) is 24.3 Å². The van der Waals surface area contributed by atoms with Gasteiger partial charge in [0.05, 0.1) is 11.4 Å².